The summed E-state index contributed by atoms with van der Waals surface area (Å²) in [6.07, 6.45) is 3.60. The predicted molar refractivity (Wildman–Crippen MR) is 79.5 cm³/mol. The monoisotopic (exact) mass is 298 g/mol. The van der Waals surface area contributed by atoms with Crippen LogP contribution < -0.4 is 5.32 Å². The molecule has 0 atom stereocenters. The van der Waals surface area contributed by atoms with E-state index < -0.39 is 0 Å². The fourth-order valence-electron chi connectivity index (χ4n) is 1.76. The summed E-state index contributed by atoms with van der Waals surface area (Å²) in [4.78, 5) is 16.8. The van der Waals surface area contributed by atoms with Gasteiger partial charge in [-0.3, -0.25) is 0 Å². The Morgan fingerprint density at radius 1 is 1.50 bits per heavy atom. The molecule has 1 aromatic heterocycles. The smallest absolute Gasteiger partial charge is 0.358 e. The van der Waals surface area contributed by atoms with Crippen LogP contribution in [0.4, 0.5) is 5.13 Å². The molecular formula is C14H22N2O3S. The molecule has 0 spiro atoms. The van der Waals surface area contributed by atoms with Gasteiger partial charge in [0.25, 0.3) is 0 Å². The third-order valence-corrected chi connectivity index (χ3v) is 3.99. The normalized spacial score (nSPS) is 14.3. The zero-order valence-electron chi connectivity index (χ0n) is 12.1. The molecule has 0 aliphatic heterocycles. The van der Waals surface area contributed by atoms with Crippen molar-refractivity contribution in [3.8, 4) is 0 Å². The van der Waals surface area contributed by atoms with Crippen LogP contribution in [0.1, 0.15) is 41.6 Å². The predicted octanol–water partition coefficient (Wildman–Crippen LogP) is 2.86. The van der Waals surface area contributed by atoms with Gasteiger partial charge in [-0.2, -0.15) is 0 Å². The van der Waals surface area contributed by atoms with Crippen molar-refractivity contribution in [3.05, 3.63) is 10.6 Å². The Labute approximate surface area is 123 Å². The molecule has 1 aromatic rings. The molecule has 1 aliphatic carbocycles. The van der Waals surface area contributed by atoms with E-state index in [-0.39, 0.29) is 5.97 Å². The van der Waals surface area contributed by atoms with E-state index in [9.17, 15) is 4.79 Å². The highest BCUT2D eigenvalue weighted by molar-refractivity contribution is 7.15. The summed E-state index contributed by atoms with van der Waals surface area (Å²) >= 11 is 1.48. The maximum Gasteiger partial charge on any atom is 0.358 e. The van der Waals surface area contributed by atoms with Crippen molar-refractivity contribution in [2.45, 2.75) is 33.1 Å². The van der Waals surface area contributed by atoms with Gasteiger partial charge in [0.2, 0.25) is 0 Å². The molecule has 5 nitrogen and oxygen atoms in total. The van der Waals surface area contributed by atoms with Crippen molar-refractivity contribution in [2.24, 2.45) is 5.92 Å². The lowest BCUT2D eigenvalue weighted by molar-refractivity contribution is 0.0519. The molecule has 1 aliphatic rings. The van der Waals surface area contributed by atoms with Crippen LogP contribution in [0.3, 0.4) is 0 Å². The lowest BCUT2D eigenvalue weighted by Crippen LogP contribution is -2.08. The molecular weight excluding hydrogens is 276 g/mol. The third-order valence-electron chi connectivity index (χ3n) is 3.06. The number of carbonyl (C=O) groups excluding carboxylic acids is 1. The molecule has 1 saturated carbocycles. The molecule has 0 unspecified atom stereocenters. The van der Waals surface area contributed by atoms with Gasteiger partial charge in [-0.1, -0.05) is 0 Å². The summed E-state index contributed by atoms with van der Waals surface area (Å²) in [5, 5.41) is 4.00. The van der Waals surface area contributed by atoms with E-state index in [1.807, 2.05) is 6.92 Å². The Kier molecular flexibility index (Phi) is 5.79. The number of rotatable bonds is 9. The number of anilines is 1. The number of ether oxygens (including phenoxy) is 2. The minimum atomic E-state index is -0.345. The van der Waals surface area contributed by atoms with Crippen molar-refractivity contribution >= 4 is 22.4 Å². The highest BCUT2D eigenvalue weighted by atomic mass is 32.1. The Balaban J connectivity index is 1.67. The molecule has 0 saturated heterocycles. The van der Waals surface area contributed by atoms with Crippen LogP contribution >= 0.6 is 11.3 Å². The molecule has 1 fully saturated rings. The molecule has 0 amide bonds. The number of aromatic nitrogens is 1. The molecule has 1 N–H and O–H groups in total. The number of esters is 1. The number of nitrogens with one attached hydrogen (secondary N) is 1. The highest BCUT2D eigenvalue weighted by Gasteiger charge is 2.20. The van der Waals surface area contributed by atoms with Crippen molar-refractivity contribution < 1.29 is 14.3 Å². The maximum absolute atomic E-state index is 11.6. The van der Waals surface area contributed by atoms with Crippen molar-refractivity contribution in [2.75, 3.05) is 31.7 Å². The quantitative estimate of drug-likeness (QED) is 0.561. The van der Waals surface area contributed by atoms with Crippen LogP contribution in [0.5, 0.6) is 0 Å². The Bertz CT molecular complexity index is 444. The lowest BCUT2D eigenvalue weighted by Gasteiger charge is -2.03. The topological polar surface area (TPSA) is 60.5 Å². The molecule has 0 radical (unpaired) electrons. The van der Waals surface area contributed by atoms with Crippen molar-refractivity contribution in [3.63, 3.8) is 0 Å². The van der Waals surface area contributed by atoms with Crippen LogP contribution in [-0.4, -0.2) is 37.3 Å². The Morgan fingerprint density at radius 3 is 3.00 bits per heavy atom. The minimum absolute atomic E-state index is 0.345. The molecule has 6 heteroatoms. The fourth-order valence-corrected chi connectivity index (χ4v) is 2.59. The van der Waals surface area contributed by atoms with Crippen molar-refractivity contribution in [1.82, 2.24) is 4.98 Å². The Hall–Kier alpha value is -1.14. The average Bonchev–Trinajstić information content (AvgIpc) is 3.16. The number of thiazole rings is 1. The van der Waals surface area contributed by atoms with E-state index in [1.165, 1.54) is 24.2 Å². The van der Waals surface area contributed by atoms with Gasteiger partial charge in [-0.05, 0) is 39.0 Å². The summed E-state index contributed by atoms with van der Waals surface area (Å²) in [5.74, 6) is 0.471. The second-order valence-corrected chi connectivity index (χ2v) is 6.15. The minimum Gasteiger partial charge on any atom is -0.461 e. The largest absolute Gasteiger partial charge is 0.461 e. The zero-order chi connectivity index (χ0) is 14.4. The van der Waals surface area contributed by atoms with Gasteiger partial charge in [0.1, 0.15) is 0 Å². The first-order valence-corrected chi connectivity index (χ1v) is 7.98. The highest BCUT2D eigenvalue weighted by Crippen LogP contribution is 2.28. The van der Waals surface area contributed by atoms with Gasteiger partial charge in [0, 0.05) is 24.6 Å². The van der Waals surface area contributed by atoms with Gasteiger partial charge in [0.05, 0.1) is 6.61 Å². The van der Waals surface area contributed by atoms with Gasteiger partial charge < -0.3 is 14.8 Å². The SMILES string of the molecule is CCOC(=O)c1nc(NCCCOCC2CC2)sc1C. The first-order valence-electron chi connectivity index (χ1n) is 7.17. The number of aryl methyl sites for hydroxylation is 1. The van der Waals surface area contributed by atoms with E-state index >= 15 is 0 Å². The third kappa shape index (κ3) is 4.76. The van der Waals surface area contributed by atoms with Crippen LogP contribution in [0.25, 0.3) is 0 Å². The van der Waals surface area contributed by atoms with Crippen molar-refractivity contribution in [1.29, 1.82) is 0 Å². The fraction of sp³-hybridized carbons (Fsp3) is 0.714. The van der Waals surface area contributed by atoms with Crippen LogP contribution in [0.2, 0.25) is 0 Å². The number of hydrogen-bond acceptors (Lipinski definition) is 6. The number of hydrogen-bond donors (Lipinski definition) is 1. The maximum atomic E-state index is 11.6. The van der Waals surface area contributed by atoms with Gasteiger partial charge in [-0.25, -0.2) is 9.78 Å². The first-order chi connectivity index (χ1) is 9.70. The standard InChI is InChI=1S/C14H22N2O3S/c1-3-19-13(17)12-10(2)20-14(16-12)15-7-4-8-18-9-11-5-6-11/h11H,3-9H2,1-2H3,(H,15,16). The van der Waals surface area contributed by atoms with Crippen LogP contribution in [0.15, 0.2) is 0 Å². The zero-order valence-corrected chi connectivity index (χ0v) is 12.9. The van der Waals surface area contributed by atoms with E-state index in [0.29, 0.717) is 12.3 Å². The number of carbonyl (C=O) groups is 1. The Morgan fingerprint density at radius 2 is 2.30 bits per heavy atom. The van der Waals surface area contributed by atoms with E-state index in [4.69, 9.17) is 9.47 Å². The molecule has 20 heavy (non-hydrogen) atoms. The average molecular weight is 298 g/mol. The summed E-state index contributed by atoms with van der Waals surface area (Å²) < 4.78 is 10.5. The number of nitrogens with zero attached hydrogens (tertiary/aromatic N) is 1. The van der Waals surface area contributed by atoms with E-state index in [1.54, 1.807) is 6.92 Å². The second kappa shape index (κ2) is 7.59. The molecule has 0 bridgehead atoms. The van der Waals surface area contributed by atoms with E-state index in [0.717, 1.165) is 42.1 Å². The second-order valence-electron chi connectivity index (χ2n) is 4.94. The van der Waals surface area contributed by atoms with Crippen LogP contribution in [-0.2, 0) is 9.47 Å². The van der Waals surface area contributed by atoms with Crippen LogP contribution in [0, 0.1) is 12.8 Å². The first kappa shape index (κ1) is 15.3. The molecule has 112 valence electrons. The van der Waals surface area contributed by atoms with E-state index in [2.05, 4.69) is 10.3 Å². The molecule has 0 aromatic carbocycles. The summed E-state index contributed by atoms with van der Waals surface area (Å²) in [6.45, 7) is 6.53. The molecule has 2 rings (SSSR count). The van der Waals surface area contributed by atoms with Gasteiger partial charge >= 0.3 is 5.97 Å². The molecule has 1 heterocycles. The van der Waals surface area contributed by atoms with Gasteiger partial charge in [-0.15, -0.1) is 11.3 Å². The summed E-state index contributed by atoms with van der Waals surface area (Å²) in [6, 6.07) is 0. The van der Waals surface area contributed by atoms with Gasteiger partial charge in [0.15, 0.2) is 10.8 Å². The summed E-state index contributed by atoms with van der Waals surface area (Å²) in [7, 11) is 0. The lowest BCUT2D eigenvalue weighted by atomic mass is 10.4. The summed E-state index contributed by atoms with van der Waals surface area (Å²) in [5.41, 5.74) is 0.421.